The number of hydrogen-bond acceptors (Lipinski definition) is 7. The van der Waals surface area contributed by atoms with Crippen molar-refractivity contribution < 1.29 is 27.5 Å². The number of ether oxygens (including phenoxy) is 2. The quantitative estimate of drug-likeness (QED) is 0.616. The first-order chi connectivity index (χ1) is 13.7. The number of carbonyl (C=O) groups is 2. The van der Waals surface area contributed by atoms with Gasteiger partial charge in [0, 0.05) is 26.6 Å². The minimum atomic E-state index is -3.62. The second kappa shape index (κ2) is 8.47. The maximum Gasteiger partial charge on any atom is 0.307 e. The van der Waals surface area contributed by atoms with Crippen LogP contribution in [-0.4, -0.2) is 66.6 Å². The lowest BCUT2D eigenvalue weighted by atomic mass is 10.3. The molecule has 2 heterocycles. The number of primary amides is 1. The van der Waals surface area contributed by atoms with Gasteiger partial charge in [0.15, 0.2) is 6.10 Å². The van der Waals surface area contributed by atoms with E-state index >= 15 is 0 Å². The third-order valence-corrected chi connectivity index (χ3v) is 6.71. The normalized spacial score (nSPS) is 16.6. The lowest BCUT2D eigenvalue weighted by Gasteiger charge is -2.26. The number of hydrogen-bond donors (Lipinski definition) is 1. The molecule has 1 aliphatic rings. The number of nitrogens with zero attached hydrogens (tertiary/aromatic N) is 3. The van der Waals surface area contributed by atoms with E-state index in [9.17, 15) is 18.0 Å². The minimum absolute atomic E-state index is 0.0215. The van der Waals surface area contributed by atoms with Crippen LogP contribution in [0.5, 0.6) is 0 Å². The average molecular weight is 424 g/mol. The largest absolute Gasteiger partial charge is 0.453 e. The molecule has 11 heteroatoms. The fourth-order valence-electron chi connectivity index (χ4n) is 3.08. The average Bonchev–Trinajstić information content (AvgIpc) is 3.02. The van der Waals surface area contributed by atoms with Gasteiger partial charge < -0.3 is 19.8 Å². The molecule has 1 amide bonds. The van der Waals surface area contributed by atoms with Crippen molar-refractivity contribution in [2.24, 2.45) is 12.8 Å². The van der Waals surface area contributed by atoms with Crippen molar-refractivity contribution in [1.82, 2.24) is 13.9 Å². The topological polar surface area (TPSA) is 134 Å². The lowest BCUT2D eigenvalue weighted by Crippen LogP contribution is -2.40. The van der Waals surface area contributed by atoms with Crippen molar-refractivity contribution in [1.29, 1.82) is 0 Å². The molecule has 10 nitrogen and oxygen atoms in total. The van der Waals surface area contributed by atoms with Crippen LogP contribution in [0.25, 0.3) is 11.0 Å². The standard InChI is InChI=1S/C18H24N4O6S/c1-12(18(19)24)28-17(23)6-5-16-20-14-11-13(3-4-15(14)21(16)2)29(25,26)22-7-9-27-10-8-22/h3-4,11-12H,5-10H2,1-2H3,(H2,19,24)/t12-/m1/s1. The highest BCUT2D eigenvalue weighted by molar-refractivity contribution is 7.89. The smallest absolute Gasteiger partial charge is 0.307 e. The molecule has 1 aliphatic heterocycles. The van der Waals surface area contributed by atoms with Gasteiger partial charge in [-0.3, -0.25) is 9.59 Å². The van der Waals surface area contributed by atoms with Crippen LogP contribution in [0.1, 0.15) is 19.2 Å². The summed E-state index contributed by atoms with van der Waals surface area (Å²) in [5.41, 5.74) is 6.35. The molecule has 1 fully saturated rings. The molecule has 0 radical (unpaired) electrons. The van der Waals surface area contributed by atoms with Gasteiger partial charge in [0.25, 0.3) is 5.91 Å². The van der Waals surface area contributed by atoms with E-state index < -0.39 is 28.0 Å². The summed E-state index contributed by atoms with van der Waals surface area (Å²) in [7, 11) is -1.83. The van der Waals surface area contributed by atoms with Crippen LogP contribution in [0.4, 0.5) is 0 Å². The van der Waals surface area contributed by atoms with Gasteiger partial charge >= 0.3 is 5.97 Å². The predicted octanol–water partition coefficient (Wildman–Crippen LogP) is -0.0562. The number of carbonyl (C=O) groups excluding carboxylic acids is 2. The van der Waals surface area contributed by atoms with Crippen molar-refractivity contribution in [3.8, 4) is 0 Å². The summed E-state index contributed by atoms with van der Waals surface area (Å²) < 4.78 is 39.0. The van der Waals surface area contributed by atoms with Crippen LogP contribution in [0.3, 0.4) is 0 Å². The van der Waals surface area contributed by atoms with Gasteiger partial charge in [-0.15, -0.1) is 0 Å². The Morgan fingerprint density at radius 3 is 2.66 bits per heavy atom. The third-order valence-electron chi connectivity index (χ3n) is 4.81. The molecule has 0 unspecified atom stereocenters. The van der Waals surface area contributed by atoms with Crippen LogP contribution in [0.2, 0.25) is 0 Å². The van der Waals surface area contributed by atoms with E-state index in [2.05, 4.69) is 4.98 Å². The number of sulfonamides is 1. The molecule has 0 saturated carbocycles. The first kappa shape index (κ1) is 21.2. The number of imidazole rings is 1. The molecule has 1 aromatic heterocycles. The van der Waals surface area contributed by atoms with Gasteiger partial charge in [-0.2, -0.15) is 4.31 Å². The van der Waals surface area contributed by atoms with Gasteiger partial charge in [-0.05, 0) is 25.1 Å². The zero-order chi connectivity index (χ0) is 21.2. The number of morpholine rings is 1. The number of esters is 1. The van der Waals surface area contributed by atoms with Crippen LogP contribution in [0, 0.1) is 0 Å². The Bertz CT molecular complexity index is 1030. The summed E-state index contributed by atoms with van der Waals surface area (Å²) >= 11 is 0. The first-order valence-corrected chi connectivity index (χ1v) is 10.7. The van der Waals surface area contributed by atoms with Crippen molar-refractivity contribution in [2.75, 3.05) is 26.3 Å². The van der Waals surface area contributed by atoms with Gasteiger partial charge in [-0.25, -0.2) is 13.4 Å². The molecule has 2 aromatic rings. The highest BCUT2D eigenvalue weighted by atomic mass is 32.2. The Hall–Kier alpha value is -2.50. The summed E-state index contributed by atoms with van der Waals surface area (Å²) in [6.07, 6.45) is -0.690. The second-order valence-electron chi connectivity index (χ2n) is 6.79. The number of rotatable bonds is 7. The molecule has 29 heavy (non-hydrogen) atoms. The van der Waals surface area contributed by atoms with Crippen LogP contribution >= 0.6 is 0 Å². The van der Waals surface area contributed by atoms with Crippen molar-refractivity contribution in [3.05, 3.63) is 24.0 Å². The van der Waals surface area contributed by atoms with E-state index in [0.717, 1.165) is 5.52 Å². The summed E-state index contributed by atoms with van der Waals surface area (Å²) in [5.74, 6) is -0.668. The number of fused-ring (bicyclic) bond motifs is 1. The minimum Gasteiger partial charge on any atom is -0.453 e. The SMILES string of the molecule is C[C@@H](OC(=O)CCc1nc2cc(S(=O)(=O)N3CCOCC3)ccc2n1C)C(N)=O. The molecular weight excluding hydrogens is 400 g/mol. The zero-order valence-electron chi connectivity index (χ0n) is 16.3. The molecule has 1 saturated heterocycles. The van der Waals surface area contributed by atoms with Gasteiger partial charge in [0.1, 0.15) is 5.82 Å². The fourth-order valence-corrected chi connectivity index (χ4v) is 4.51. The van der Waals surface area contributed by atoms with E-state index in [1.807, 2.05) is 0 Å². The number of nitrogens with two attached hydrogens (primary N) is 1. The van der Waals surface area contributed by atoms with Crippen LogP contribution in [-0.2, 0) is 42.6 Å². The highest BCUT2D eigenvalue weighted by Crippen LogP contribution is 2.23. The van der Waals surface area contributed by atoms with Crippen molar-refractivity contribution in [2.45, 2.75) is 30.8 Å². The van der Waals surface area contributed by atoms with E-state index in [1.165, 1.54) is 17.3 Å². The van der Waals surface area contributed by atoms with E-state index in [-0.39, 0.29) is 17.7 Å². The summed E-state index contributed by atoms with van der Waals surface area (Å²) in [5, 5.41) is 0. The molecule has 0 bridgehead atoms. The van der Waals surface area contributed by atoms with Gasteiger partial charge in [0.05, 0.1) is 35.6 Å². The lowest BCUT2D eigenvalue weighted by molar-refractivity contribution is -0.153. The molecule has 1 aromatic carbocycles. The number of aromatic nitrogens is 2. The Kier molecular flexibility index (Phi) is 6.20. The van der Waals surface area contributed by atoms with Gasteiger partial charge in [-0.1, -0.05) is 0 Å². The first-order valence-electron chi connectivity index (χ1n) is 9.22. The Morgan fingerprint density at radius 1 is 1.31 bits per heavy atom. The van der Waals surface area contributed by atoms with Crippen molar-refractivity contribution in [3.63, 3.8) is 0 Å². The maximum absolute atomic E-state index is 12.8. The maximum atomic E-state index is 12.8. The Balaban J connectivity index is 1.77. The molecule has 1 atom stereocenters. The monoisotopic (exact) mass is 424 g/mol. The highest BCUT2D eigenvalue weighted by Gasteiger charge is 2.27. The van der Waals surface area contributed by atoms with Gasteiger partial charge in [0.2, 0.25) is 10.0 Å². The zero-order valence-corrected chi connectivity index (χ0v) is 17.1. The van der Waals surface area contributed by atoms with E-state index in [4.69, 9.17) is 15.2 Å². The molecule has 0 aliphatic carbocycles. The summed E-state index contributed by atoms with van der Waals surface area (Å²) in [6.45, 7) is 2.80. The number of benzene rings is 1. The molecule has 158 valence electrons. The molecular formula is C18H24N4O6S. The Labute approximate surface area is 168 Å². The van der Waals surface area contributed by atoms with Crippen molar-refractivity contribution >= 4 is 32.9 Å². The van der Waals surface area contributed by atoms with E-state index in [0.29, 0.717) is 37.6 Å². The summed E-state index contributed by atoms with van der Waals surface area (Å²) in [4.78, 5) is 27.5. The second-order valence-corrected chi connectivity index (χ2v) is 8.73. The molecule has 2 N–H and O–H groups in total. The predicted molar refractivity (Wildman–Crippen MR) is 103 cm³/mol. The number of amides is 1. The van der Waals surface area contributed by atoms with E-state index in [1.54, 1.807) is 23.7 Å². The molecule has 3 rings (SSSR count). The van der Waals surface area contributed by atoms with Crippen LogP contribution in [0.15, 0.2) is 23.1 Å². The summed E-state index contributed by atoms with van der Waals surface area (Å²) in [6, 6.07) is 4.80. The van der Waals surface area contributed by atoms with Crippen LogP contribution < -0.4 is 5.73 Å². The number of aryl methyl sites for hydroxylation is 2. The third kappa shape index (κ3) is 4.57. The molecule has 0 spiro atoms. The Morgan fingerprint density at radius 2 is 2.00 bits per heavy atom. The fraction of sp³-hybridized carbons (Fsp3) is 0.500.